The van der Waals surface area contributed by atoms with Crippen molar-refractivity contribution in [3.63, 3.8) is 0 Å². The Kier molecular flexibility index (Phi) is 9.40. The average molecular weight is 534 g/mol. The highest BCUT2D eigenvalue weighted by Crippen LogP contribution is 2.41. The van der Waals surface area contributed by atoms with Crippen LogP contribution in [-0.2, 0) is 4.79 Å². The quantitative estimate of drug-likeness (QED) is 0.471. The van der Waals surface area contributed by atoms with Gasteiger partial charge in [-0.15, -0.1) is 12.4 Å². The highest BCUT2D eigenvalue weighted by atomic mass is 35.5. The first-order chi connectivity index (χ1) is 17.8. The van der Waals surface area contributed by atoms with Crippen molar-refractivity contribution in [1.29, 1.82) is 5.26 Å². The molecule has 2 amide bonds. The van der Waals surface area contributed by atoms with E-state index in [-0.39, 0.29) is 36.3 Å². The smallest absolute Gasteiger partial charge is 0.269 e. The lowest BCUT2D eigenvalue weighted by atomic mass is 9.89. The van der Waals surface area contributed by atoms with Gasteiger partial charge in [0.05, 0.1) is 11.6 Å². The van der Waals surface area contributed by atoms with Crippen molar-refractivity contribution < 1.29 is 9.59 Å². The van der Waals surface area contributed by atoms with Gasteiger partial charge < -0.3 is 20.4 Å². The van der Waals surface area contributed by atoms with Crippen LogP contribution in [0.25, 0.3) is 11.1 Å². The predicted molar refractivity (Wildman–Crippen MR) is 150 cm³/mol. The molecule has 3 aromatic rings. The fraction of sp³-hybridized carbons (Fsp3) is 0.321. The number of amides is 2. The van der Waals surface area contributed by atoms with E-state index in [9.17, 15) is 9.59 Å². The summed E-state index contributed by atoms with van der Waals surface area (Å²) in [6.45, 7) is 4.91. The molecule has 2 aromatic heterocycles. The fourth-order valence-electron chi connectivity index (χ4n) is 4.57. The molecule has 1 aromatic carbocycles. The standard InChI is InChI=1S/C28H31N7O2.ClH/c1-18-13-25(33-27-10-5-20(15-29)16-32-27)23-14-21(7-9-26(23)35(18)19(2)36)22-6-8-24(31-17-22)28(37)30-11-12-34(3)4;/h5-10,14,16-18,25H,11-13H2,1-4H3,(H,30,37)(H,32,33);1H/t18-,25+;/m0./s1. The number of likely N-dealkylation sites (N-methyl/N-ethyl adjacent to an activating group) is 1. The second-order valence-electron chi connectivity index (χ2n) is 9.48. The van der Waals surface area contributed by atoms with E-state index in [0.717, 1.165) is 28.9 Å². The zero-order valence-corrected chi connectivity index (χ0v) is 22.7. The van der Waals surface area contributed by atoms with Gasteiger partial charge in [0.1, 0.15) is 17.6 Å². The second-order valence-corrected chi connectivity index (χ2v) is 9.48. The summed E-state index contributed by atoms with van der Waals surface area (Å²) in [7, 11) is 3.91. The van der Waals surface area contributed by atoms with Gasteiger partial charge in [-0.25, -0.2) is 4.98 Å². The molecule has 38 heavy (non-hydrogen) atoms. The van der Waals surface area contributed by atoms with Crippen molar-refractivity contribution in [2.45, 2.75) is 32.4 Å². The number of carbonyl (C=O) groups is 2. The van der Waals surface area contributed by atoms with Gasteiger partial charge in [-0.1, -0.05) is 12.1 Å². The number of anilines is 2. The van der Waals surface area contributed by atoms with E-state index in [1.54, 1.807) is 31.3 Å². The van der Waals surface area contributed by atoms with Crippen molar-refractivity contribution in [3.8, 4) is 17.2 Å². The number of nitrogens with zero attached hydrogens (tertiary/aromatic N) is 5. The minimum atomic E-state index is -0.205. The predicted octanol–water partition coefficient (Wildman–Crippen LogP) is 4.03. The number of pyridine rings is 2. The largest absolute Gasteiger partial charge is 0.363 e. The third-order valence-electron chi connectivity index (χ3n) is 6.41. The molecule has 0 radical (unpaired) electrons. The number of fused-ring (bicyclic) bond motifs is 1. The molecular weight excluding hydrogens is 502 g/mol. The highest BCUT2D eigenvalue weighted by molar-refractivity contribution is 5.95. The Bertz CT molecular complexity index is 1320. The Morgan fingerprint density at radius 3 is 2.47 bits per heavy atom. The lowest BCUT2D eigenvalue weighted by Crippen LogP contribution is -2.43. The summed E-state index contributed by atoms with van der Waals surface area (Å²) >= 11 is 0. The van der Waals surface area contributed by atoms with Crippen molar-refractivity contribution in [2.24, 2.45) is 0 Å². The summed E-state index contributed by atoms with van der Waals surface area (Å²) in [4.78, 5) is 37.5. The Morgan fingerprint density at radius 2 is 1.87 bits per heavy atom. The third-order valence-corrected chi connectivity index (χ3v) is 6.41. The van der Waals surface area contributed by atoms with Crippen LogP contribution in [0.4, 0.5) is 11.5 Å². The first kappa shape index (κ1) is 28.6. The van der Waals surface area contributed by atoms with Crippen molar-refractivity contribution in [2.75, 3.05) is 37.4 Å². The van der Waals surface area contributed by atoms with Crippen LogP contribution in [0.3, 0.4) is 0 Å². The van der Waals surface area contributed by atoms with Crippen LogP contribution in [0.15, 0.2) is 54.9 Å². The van der Waals surface area contributed by atoms with Gasteiger partial charge in [0.15, 0.2) is 0 Å². The van der Waals surface area contributed by atoms with E-state index in [1.807, 2.05) is 49.0 Å². The van der Waals surface area contributed by atoms with Crippen LogP contribution in [0, 0.1) is 11.3 Å². The SMILES string of the molecule is CC(=O)N1c2ccc(-c3ccc(C(=O)NCCN(C)C)nc3)cc2[C@H](Nc2ccc(C#N)cn2)C[C@@H]1C.Cl. The first-order valence-electron chi connectivity index (χ1n) is 12.2. The summed E-state index contributed by atoms with van der Waals surface area (Å²) in [5.74, 6) is 0.446. The molecule has 198 valence electrons. The molecule has 0 aliphatic carbocycles. The number of rotatable bonds is 7. The van der Waals surface area contributed by atoms with Gasteiger partial charge in [0.25, 0.3) is 5.91 Å². The zero-order valence-electron chi connectivity index (χ0n) is 21.9. The average Bonchev–Trinajstić information content (AvgIpc) is 2.88. The van der Waals surface area contributed by atoms with Crippen LogP contribution < -0.4 is 15.5 Å². The van der Waals surface area contributed by atoms with Gasteiger partial charge in [-0.2, -0.15) is 5.26 Å². The molecule has 10 heteroatoms. The van der Waals surface area contributed by atoms with Gasteiger partial charge in [-0.05, 0) is 68.9 Å². The van der Waals surface area contributed by atoms with E-state index in [1.165, 1.54) is 6.20 Å². The Labute approximate surface area is 229 Å². The number of benzene rings is 1. The summed E-state index contributed by atoms with van der Waals surface area (Å²) in [6.07, 6.45) is 3.93. The minimum absolute atomic E-state index is 0. The van der Waals surface area contributed by atoms with Gasteiger partial charge in [-0.3, -0.25) is 14.6 Å². The van der Waals surface area contributed by atoms with E-state index >= 15 is 0 Å². The molecule has 0 fully saturated rings. The molecule has 1 aliphatic rings. The second kappa shape index (κ2) is 12.5. The zero-order chi connectivity index (χ0) is 26.5. The van der Waals surface area contributed by atoms with Crippen LogP contribution in [0.2, 0.25) is 0 Å². The van der Waals surface area contributed by atoms with Crippen molar-refractivity contribution in [3.05, 3.63) is 71.7 Å². The number of aromatic nitrogens is 2. The number of hydrogen-bond acceptors (Lipinski definition) is 7. The van der Waals surface area contributed by atoms with Gasteiger partial charge >= 0.3 is 0 Å². The summed E-state index contributed by atoms with van der Waals surface area (Å²) < 4.78 is 0. The number of nitrogens with one attached hydrogen (secondary N) is 2. The van der Waals surface area contributed by atoms with Crippen LogP contribution >= 0.6 is 12.4 Å². The summed E-state index contributed by atoms with van der Waals surface area (Å²) in [6, 6.07) is 15.1. The molecule has 1 aliphatic heterocycles. The lowest BCUT2D eigenvalue weighted by Gasteiger charge is -2.39. The molecule has 4 rings (SSSR count). The van der Waals surface area contributed by atoms with Crippen LogP contribution in [0.5, 0.6) is 0 Å². The molecule has 0 spiro atoms. The number of halogens is 1. The monoisotopic (exact) mass is 533 g/mol. The fourth-order valence-corrected chi connectivity index (χ4v) is 4.57. The van der Waals surface area contributed by atoms with Gasteiger partial charge in [0.2, 0.25) is 5.91 Å². The molecule has 9 nitrogen and oxygen atoms in total. The Balaban J connectivity index is 0.00000400. The number of carbonyl (C=O) groups excluding carboxylic acids is 2. The van der Waals surface area contributed by atoms with E-state index < -0.39 is 0 Å². The van der Waals surface area contributed by atoms with Crippen LogP contribution in [0.1, 0.15) is 47.9 Å². The normalized spacial score (nSPS) is 16.2. The minimum Gasteiger partial charge on any atom is -0.363 e. The van der Waals surface area contributed by atoms with Gasteiger partial charge in [0, 0.05) is 49.7 Å². The topological polar surface area (TPSA) is 114 Å². The lowest BCUT2D eigenvalue weighted by molar-refractivity contribution is -0.117. The van der Waals surface area contributed by atoms with E-state index in [0.29, 0.717) is 30.0 Å². The number of nitriles is 1. The molecule has 3 heterocycles. The summed E-state index contributed by atoms with van der Waals surface area (Å²) in [5.41, 5.74) is 4.49. The molecule has 0 saturated heterocycles. The van der Waals surface area contributed by atoms with E-state index in [2.05, 4.69) is 32.7 Å². The molecule has 2 N–H and O–H groups in total. The maximum atomic E-state index is 12.5. The first-order valence-corrected chi connectivity index (χ1v) is 12.2. The van der Waals surface area contributed by atoms with Crippen molar-refractivity contribution in [1.82, 2.24) is 20.2 Å². The Morgan fingerprint density at radius 1 is 1.11 bits per heavy atom. The molecule has 0 unspecified atom stereocenters. The maximum Gasteiger partial charge on any atom is 0.269 e. The van der Waals surface area contributed by atoms with E-state index in [4.69, 9.17) is 5.26 Å². The molecular formula is C28H32ClN7O2. The highest BCUT2D eigenvalue weighted by Gasteiger charge is 2.32. The summed E-state index contributed by atoms with van der Waals surface area (Å²) in [5, 5.41) is 15.4. The number of hydrogen-bond donors (Lipinski definition) is 2. The van der Waals surface area contributed by atoms with Crippen molar-refractivity contribution >= 4 is 35.7 Å². The van der Waals surface area contributed by atoms with Crippen LogP contribution in [-0.4, -0.2) is 59.9 Å². The molecule has 2 atom stereocenters. The molecule has 0 saturated carbocycles. The maximum absolute atomic E-state index is 12.5. The Hall–Kier alpha value is -4.00. The third kappa shape index (κ3) is 6.46. The molecule has 0 bridgehead atoms.